The van der Waals surface area contributed by atoms with Crippen LogP contribution in [0.1, 0.15) is 31.5 Å². The van der Waals surface area contributed by atoms with Gasteiger partial charge >= 0.3 is 0 Å². The van der Waals surface area contributed by atoms with E-state index in [1.54, 1.807) is 11.1 Å². The number of aromatic nitrogens is 1. The number of carbonyl (C=O) groups excluding carboxylic acids is 2. The Hall–Kier alpha value is -3.73. The third-order valence-electron chi connectivity index (χ3n) is 5.32. The van der Waals surface area contributed by atoms with Gasteiger partial charge in [-0.05, 0) is 42.7 Å². The van der Waals surface area contributed by atoms with E-state index < -0.39 is 5.60 Å². The van der Waals surface area contributed by atoms with Gasteiger partial charge in [-0.3, -0.25) is 14.6 Å². The van der Waals surface area contributed by atoms with E-state index in [-0.39, 0.29) is 23.9 Å². The lowest BCUT2D eigenvalue weighted by Gasteiger charge is -2.32. The molecule has 0 bridgehead atoms. The van der Waals surface area contributed by atoms with Crippen LogP contribution in [0.5, 0.6) is 0 Å². The monoisotopic (exact) mass is 426 g/mol. The highest BCUT2D eigenvalue weighted by Gasteiger charge is 2.34. The van der Waals surface area contributed by atoms with Crippen LogP contribution in [0.3, 0.4) is 0 Å². The molecule has 0 unspecified atom stereocenters. The van der Waals surface area contributed by atoms with Gasteiger partial charge in [-0.2, -0.15) is 0 Å². The number of allylic oxidation sites excluding steroid dienone is 1. The molecule has 0 atom stereocenters. The number of benzene rings is 2. The average Bonchev–Trinajstić information content (AvgIpc) is 2.78. The number of ether oxygens (including phenoxy) is 1. The largest absolute Gasteiger partial charge is 0.481 e. The minimum absolute atomic E-state index is 0.0828. The number of pyridine rings is 1. The van der Waals surface area contributed by atoms with Crippen LogP contribution in [-0.2, 0) is 27.4 Å². The van der Waals surface area contributed by atoms with E-state index in [2.05, 4.69) is 23.2 Å². The van der Waals surface area contributed by atoms with Crippen molar-refractivity contribution in [3.05, 3.63) is 102 Å². The molecule has 2 aromatic carbocycles. The maximum Gasteiger partial charge on any atom is 0.289 e. The lowest BCUT2D eigenvalue weighted by Crippen LogP contribution is -2.39. The van der Waals surface area contributed by atoms with Gasteiger partial charge in [0.2, 0.25) is 0 Å². The van der Waals surface area contributed by atoms with Crippen LogP contribution in [0.2, 0.25) is 0 Å². The van der Waals surface area contributed by atoms with E-state index in [9.17, 15) is 9.59 Å². The summed E-state index contributed by atoms with van der Waals surface area (Å²) in [5.74, 6) is -0.342. The van der Waals surface area contributed by atoms with Crippen molar-refractivity contribution in [2.24, 2.45) is 0 Å². The fraction of sp³-hybridized carbons (Fsp3) is 0.222. The number of ketones is 1. The van der Waals surface area contributed by atoms with Crippen molar-refractivity contribution in [2.45, 2.75) is 39.0 Å². The average molecular weight is 427 g/mol. The van der Waals surface area contributed by atoms with E-state index >= 15 is 0 Å². The van der Waals surface area contributed by atoms with Gasteiger partial charge in [-0.15, -0.1) is 0 Å². The number of rotatable bonds is 6. The van der Waals surface area contributed by atoms with E-state index in [4.69, 9.17) is 4.74 Å². The summed E-state index contributed by atoms with van der Waals surface area (Å²) in [6, 6.07) is 23.7. The van der Waals surface area contributed by atoms with Gasteiger partial charge in [0.15, 0.2) is 11.5 Å². The SMILES string of the molecule is CC1(C)CC(=O)C=C(C(=O)N(Cc2ccccn2)Cc2ccccc2-c2ccccc2)O1. The molecule has 0 aliphatic carbocycles. The van der Waals surface area contributed by atoms with Crippen LogP contribution >= 0.6 is 0 Å². The fourth-order valence-corrected chi connectivity index (χ4v) is 3.89. The van der Waals surface area contributed by atoms with Crippen molar-refractivity contribution in [1.29, 1.82) is 0 Å². The van der Waals surface area contributed by atoms with E-state index in [0.29, 0.717) is 13.1 Å². The summed E-state index contributed by atoms with van der Waals surface area (Å²) >= 11 is 0. The van der Waals surface area contributed by atoms with Crippen LogP contribution in [0, 0.1) is 0 Å². The molecule has 3 aromatic rings. The normalized spacial score (nSPS) is 14.9. The summed E-state index contributed by atoms with van der Waals surface area (Å²) in [5.41, 5.74) is 3.19. The van der Waals surface area contributed by atoms with E-state index in [1.165, 1.54) is 6.08 Å². The van der Waals surface area contributed by atoms with Crippen LogP contribution < -0.4 is 0 Å². The Labute approximate surface area is 188 Å². The van der Waals surface area contributed by atoms with Gasteiger partial charge in [0.25, 0.3) is 5.91 Å². The van der Waals surface area contributed by atoms with Crippen molar-refractivity contribution in [3.8, 4) is 11.1 Å². The highest BCUT2D eigenvalue weighted by molar-refractivity contribution is 6.01. The lowest BCUT2D eigenvalue weighted by molar-refractivity contribution is -0.139. The molecule has 1 amide bonds. The molecular weight excluding hydrogens is 400 g/mol. The maximum atomic E-state index is 13.5. The second-order valence-electron chi connectivity index (χ2n) is 8.52. The molecule has 1 aliphatic heterocycles. The number of nitrogens with zero attached hydrogens (tertiary/aromatic N) is 2. The number of amides is 1. The van der Waals surface area contributed by atoms with Gasteiger partial charge in [0.05, 0.1) is 12.2 Å². The smallest absolute Gasteiger partial charge is 0.289 e. The Morgan fingerprint density at radius 3 is 2.41 bits per heavy atom. The molecule has 1 aromatic heterocycles. The fourth-order valence-electron chi connectivity index (χ4n) is 3.89. The Morgan fingerprint density at radius 1 is 0.969 bits per heavy atom. The first kappa shape index (κ1) is 21.5. The summed E-state index contributed by atoms with van der Waals surface area (Å²) in [4.78, 5) is 31.8. The summed E-state index contributed by atoms with van der Waals surface area (Å²) < 4.78 is 5.91. The third kappa shape index (κ3) is 5.11. The molecular formula is C27H26N2O3. The van der Waals surface area contributed by atoms with Gasteiger partial charge in [-0.25, -0.2) is 0 Å². The molecule has 0 spiro atoms. The summed E-state index contributed by atoms with van der Waals surface area (Å²) in [5, 5.41) is 0. The molecule has 0 radical (unpaired) electrons. The predicted molar refractivity (Wildman–Crippen MR) is 123 cm³/mol. The number of carbonyl (C=O) groups is 2. The molecule has 0 fully saturated rings. The molecule has 5 heteroatoms. The number of hydrogen-bond acceptors (Lipinski definition) is 4. The molecule has 32 heavy (non-hydrogen) atoms. The zero-order valence-electron chi connectivity index (χ0n) is 18.3. The minimum Gasteiger partial charge on any atom is -0.481 e. The molecule has 0 N–H and O–H groups in total. The molecule has 0 saturated heterocycles. The molecule has 2 heterocycles. The molecule has 0 saturated carbocycles. The first-order chi connectivity index (χ1) is 15.4. The topological polar surface area (TPSA) is 59.5 Å². The Bertz CT molecular complexity index is 1140. The second-order valence-corrected chi connectivity index (χ2v) is 8.52. The molecule has 4 rings (SSSR count). The highest BCUT2D eigenvalue weighted by Crippen LogP contribution is 2.29. The van der Waals surface area contributed by atoms with Crippen LogP contribution in [0.4, 0.5) is 0 Å². The molecule has 162 valence electrons. The first-order valence-electron chi connectivity index (χ1n) is 10.7. The zero-order chi connectivity index (χ0) is 22.6. The first-order valence-corrected chi connectivity index (χ1v) is 10.7. The summed E-state index contributed by atoms with van der Waals surface area (Å²) in [6.07, 6.45) is 3.28. The summed E-state index contributed by atoms with van der Waals surface area (Å²) in [6.45, 7) is 4.30. The molecule has 1 aliphatic rings. The Balaban J connectivity index is 1.69. The van der Waals surface area contributed by atoms with E-state index in [0.717, 1.165) is 22.4 Å². The molecule has 5 nitrogen and oxygen atoms in total. The van der Waals surface area contributed by atoms with Crippen molar-refractivity contribution < 1.29 is 14.3 Å². The quantitative estimate of drug-likeness (QED) is 0.561. The van der Waals surface area contributed by atoms with Crippen LogP contribution in [0.25, 0.3) is 11.1 Å². The Morgan fingerprint density at radius 2 is 1.69 bits per heavy atom. The van der Waals surface area contributed by atoms with Crippen molar-refractivity contribution >= 4 is 11.7 Å². The van der Waals surface area contributed by atoms with Crippen LogP contribution in [0.15, 0.2) is 90.8 Å². The number of hydrogen-bond donors (Lipinski definition) is 0. The third-order valence-corrected chi connectivity index (χ3v) is 5.32. The van der Waals surface area contributed by atoms with Crippen LogP contribution in [-0.4, -0.2) is 27.2 Å². The van der Waals surface area contributed by atoms with Crippen molar-refractivity contribution in [3.63, 3.8) is 0 Å². The standard InChI is InChI=1S/C27H26N2O3/c1-27(2)17-23(30)16-25(32-27)26(31)29(19-22-13-8-9-15-28-22)18-21-12-6-7-14-24(21)20-10-4-3-5-11-20/h3-16H,17-19H2,1-2H3. The van der Waals surface area contributed by atoms with Crippen molar-refractivity contribution in [1.82, 2.24) is 9.88 Å². The van der Waals surface area contributed by atoms with Gasteiger partial charge < -0.3 is 9.64 Å². The second kappa shape index (κ2) is 9.18. The zero-order valence-corrected chi connectivity index (χ0v) is 18.3. The predicted octanol–water partition coefficient (Wildman–Crippen LogP) is 4.93. The lowest BCUT2D eigenvalue weighted by atomic mass is 9.97. The van der Waals surface area contributed by atoms with Gasteiger partial charge in [0, 0.05) is 25.2 Å². The Kier molecular flexibility index (Phi) is 6.17. The van der Waals surface area contributed by atoms with Crippen molar-refractivity contribution in [2.75, 3.05) is 0 Å². The van der Waals surface area contributed by atoms with E-state index in [1.807, 2.05) is 68.4 Å². The minimum atomic E-state index is -0.713. The maximum absolute atomic E-state index is 13.5. The highest BCUT2D eigenvalue weighted by atomic mass is 16.5. The van der Waals surface area contributed by atoms with Gasteiger partial charge in [0.1, 0.15) is 5.60 Å². The summed E-state index contributed by atoms with van der Waals surface area (Å²) in [7, 11) is 0. The van der Waals surface area contributed by atoms with Gasteiger partial charge in [-0.1, -0.05) is 60.7 Å².